The van der Waals surface area contributed by atoms with Gasteiger partial charge < -0.3 is 14.2 Å². The van der Waals surface area contributed by atoms with Crippen LogP contribution < -0.4 is 9.47 Å². The number of methoxy groups -OCH3 is 1. The van der Waals surface area contributed by atoms with Crippen molar-refractivity contribution in [2.75, 3.05) is 7.11 Å². The van der Waals surface area contributed by atoms with E-state index in [1.165, 1.54) is 7.11 Å². The van der Waals surface area contributed by atoms with Crippen LogP contribution in [0, 0.1) is 0 Å². The maximum Gasteiger partial charge on any atom is 0.315 e. The Balaban J connectivity index is 1.78. The number of aromatic nitrogens is 1. The number of halogens is 1. The highest BCUT2D eigenvalue weighted by Gasteiger charge is 2.33. The summed E-state index contributed by atoms with van der Waals surface area (Å²) in [5, 5.41) is 0. The van der Waals surface area contributed by atoms with Crippen LogP contribution in [0.1, 0.15) is 30.5 Å². The lowest BCUT2D eigenvalue weighted by molar-refractivity contribution is -0.146. The zero-order valence-electron chi connectivity index (χ0n) is 20.5. The van der Waals surface area contributed by atoms with E-state index in [4.69, 9.17) is 14.2 Å². The van der Waals surface area contributed by atoms with Crippen LogP contribution in [0.15, 0.2) is 95.6 Å². The van der Waals surface area contributed by atoms with Crippen molar-refractivity contribution in [1.29, 1.82) is 0 Å². The van der Waals surface area contributed by atoms with Crippen molar-refractivity contribution in [3.05, 3.63) is 112 Å². The summed E-state index contributed by atoms with van der Waals surface area (Å²) in [6, 6.07) is 27.6. The Morgan fingerprint density at radius 3 is 2.06 bits per heavy atom. The van der Waals surface area contributed by atoms with E-state index < -0.39 is 5.41 Å². The van der Waals surface area contributed by atoms with E-state index in [9.17, 15) is 4.79 Å². The van der Waals surface area contributed by atoms with Crippen LogP contribution in [0.5, 0.6) is 11.6 Å². The van der Waals surface area contributed by atoms with Crippen LogP contribution in [0.4, 0.5) is 0 Å². The molecule has 4 rings (SSSR count). The molecule has 184 valence electrons. The maximum absolute atomic E-state index is 12.6. The van der Waals surface area contributed by atoms with Crippen molar-refractivity contribution in [2.24, 2.45) is 0 Å². The minimum absolute atomic E-state index is 0.329. The monoisotopic (exact) mass is 545 g/mol. The van der Waals surface area contributed by atoms with Crippen LogP contribution in [0.3, 0.4) is 0 Å². The van der Waals surface area contributed by atoms with Gasteiger partial charge in [0.1, 0.15) is 19.0 Å². The molecule has 4 aromatic rings. The summed E-state index contributed by atoms with van der Waals surface area (Å²) < 4.78 is 18.3. The fraction of sp³-hybridized carbons (Fsp3) is 0.200. The summed E-state index contributed by atoms with van der Waals surface area (Å²) in [5.41, 5.74) is 3.51. The second-order valence-corrected chi connectivity index (χ2v) is 9.71. The average molecular weight is 546 g/mol. The largest absolute Gasteiger partial charge is 0.487 e. The molecule has 1 aromatic heterocycles. The normalized spacial score (nSPS) is 11.1. The van der Waals surface area contributed by atoms with Gasteiger partial charge in [0.2, 0.25) is 5.88 Å². The number of hydrogen-bond acceptors (Lipinski definition) is 5. The Bertz CT molecular complexity index is 1320. The molecule has 1 heterocycles. The van der Waals surface area contributed by atoms with Crippen molar-refractivity contribution in [3.63, 3.8) is 0 Å². The third kappa shape index (κ3) is 5.77. The first-order valence-electron chi connectivity index (χ1n) is 11.6. The van der Waals surface area contributed by atoms with Crippen LogP contribution in [-0.4, -0.2) is 18.1 Å². The number of esters is 1. The van der Waals surface area contributed by atoms with Gasteiger partial charge >= 0.3 is 5.97 Å². The fourth-order valence-electron chi connectivity index (χ4n) is 3.84. The Morgan fingerprint density at radius 2 is 1.44 bits per heavy atom. The van der Waals surface area contributed by atoms with Gasteiger partial charge in [0, 0.05) is 17.3 Å². The fourth-order valence-corrected chi connectivity index (χ4v) is 4.42. The van der Waals surface area contributed by atoms with Crippen LogP contribution in [0.2, 0.25) is 0 Å². The molecule has 6 heteroatoms. The number of benzene rings is 3. The number of ether oxygens (including phenoxy) is 3. The van der Waals surface area contributed by atoms with Gasteiger partial charge in [-0.05, 0) is 70.7 Å². The van der Waals surface area contributed by atoms with Crippen molar-refractivity contribution >= 4 is 21.9 Å². The third-order valence-electron chi connectivity index (χ3n) is 5.97. The van der Waals surface area contributed by atoms with Crippen molar-refractivity contribution in [2.45, 2.75) is 32.5 Å². The van der Waals surface area contributed by atoms with E-state index >= 15 is 0 Å². The summed E-state index contributed by atoms with van der Waals surface area (Å²) in [6.45, 7) is 4.43. The van der Waals surface area contributed by atoms with E-state index in [1.807, 2.05) is 98.8 Å². The lowest BCUT2D eigenvalue weighted by atomic mass is 9.83. The molecule has 0 radical (unpaired) electrons. The maximum atomic E-state index is 12.6. The molecule has 0 atom stereocenters. The molecule has 0 aliphatic carbocycles. The predicted molar refractivity (Wildman–Crippen MR) is 144 cm³/mol. The first kappa shape index (κ1) is 25.5. The van der Waals surface area contributed by atoms with Crippen LogP contribution in [0.25, 0.3) is 11.1 Å². The molecule has 3 aromatic carbocycles. The van der Waals surface area contributed by atoms with E-state index in [0.717, 1.165) is 32.3 Å². The number of hydrogen-bond donors (Lipinski definition) is 0. The first-order valence-corrected chi connectivity index (χ1v) is 12.4. The molecule has 5 nitrogen and oxygen atoms in total. The van der Waals surface area contributed by atoms with Gasteiger partial charge in [-0.2, -0.15) is 0 Å². The Morgan fingerprint density at radius 1 is 0.833 bits per heavy atom. The molecule has 0 fully saturated rings. The van der Waals surface area contributed by atoms with Gasteiger partial charge in [0.05, 0.1) is 17.0 Å². The number of rotatable bonds is 9. The summed E-state index contributed by atoms with van der Waals surface area (Å²) >= 11 is 3.69. The summed E-state index contributed by atoms with van der Waals surface area (Å²) in [5.74, 6) is 0.789. The highest BCUT2D eigenvalue weighted by molar-refractivity contribution is 9.10. The topological polar surface area (TPSA) is 57.7 Å². The Hall–Kier alpha value is -3.64. The minimum Gasteiger partial charge on any atom is -0.487 e. The standard InChI is InChI=1S/C30H28BrNO4/c1-30(2,29(33)34-3)23-17-25(27(26(31)18-23)35-19-21-11-6-4-7-12-21)24-15-10-16-32-28(24)36-20-22-13-8-5-9-14-22/h4-18H,19-20H2,1-3H3. The molecule has 0 aliphatic heterocycles. The molecular weight excluding hydrogens is 518 g/mol. The molecule has 0 amide bonds. The van der Waals surface area contributed by atoms with E-state index in [2.05, 4.69) is 20.9 Å². The Kier molecular flexibility index (Phi) is 8.06. The van der Waals surface area contributed by atoms with E-state index in [0.29, 0.717) is 24.8 Å². The van der Waals surface area contributed by atoms with E-state index in [1.54, 1.807) is 6.20 Å². The number of carbonyl (C=O) groups excluding carboxylic acids is 1. The van der Waals surface area contributed by atoms with Crippen molar-refractivity contribution < 1.29 is 19.0 Å². The summed E-state index contributed by atoms with van der Waals surface area (Å²) in [7, 11) is 1.40. The van der Waals surface area contributed by atoms with Gasteiger partial charge in [-0.15, -0.1) is 0 Å². The number of carbonyl (C=O) groups is 1. The van der Waals surface area contributed by atoms with Crippen molar-refractivity contribution in [1.82, 2.24) is 4.98 Å². The smallest absolute Gasteiger partial charge is 0.315 e. The molecule has 0 saturated carbocycles. The van der Waals surface area contributed by atoms with Gasteiger partial charge in [-0.3, -0.25) is 4.79 Å². The van der Waals surface area contributed by atoms with Crippen LogP contribution in [-0.2, 0) is 28.2 Å². The molecule has 0 saturated heterocycles. The van der Waals surface area contributed by atoms with E-state index in [-0.39, 0.29) is 5.97 Å². The quantitative estimate of drug-likeness (QED) is 0.209. The summed E-state index contributed by atoms with van der Waals surface area (Å²) in [4.78, 5) is 17.1. The molecule has 0 aliphatic rings. The molecule has 0 bridgehead atoms. The summed E-state index contributed by atoms with van der Waals surface area (Å²) in [6.07, 6.45) is 1.70. The number of pyridine rings is 1. The highest BCUT2D eigenvalue weighted by atomic mass is 79.9. The average Bonchev–Trinajstić information content (AvgIpc) is 2.91. The van der Waals surface area contributed by atoms with Crippen molar-refractivity contribution in [3.8, 4) is 22.8 Å². The molecule has 0 N–H and O–H groups in total. The Labute approximate surface area is 220 Å². The second kappa shape index (κ2) is 11.4. The lowest BCUT2D eigenvalue weighted by Gasteiger charge is -2.25. The third-order valence-corrected chi connectivity index (χ3v) is 6.56. The van der Waals surface area contributed by atoms with Gasteiger partial charge in [0.15, 0.2) is 0 Å². The molecule has 36 heavy (non-hydrogen) atoms. The minimum atomic E-state index is -0.878. The lowest BCUT2D eigenvalue weighted by Crippen LogP contribution is -2.30. The molecule has 0 spiro atoms. The zero-order valence-corrected chi connectivity index (χ0v) is 22.1. The van der Waals surface area contributed by atoms with Gasteiger partial charge in [-0.1, -0.05) is 60.7 Å². The SMILES string of the molecule is COC(=O)C(C)(C)c1cc(Br)c(OCc2ccccc2)c(-c2cccnc2OCc2ccccc2)c1. The van der Waals surface area contributed by atoms with Crippen LogP contribution >= 0.6 is 15.9 Å². The van der Waals surface area contributed by atoms with Gasteiger partial charge in [-0.25, -0.2) is 4.98 Å². The highest BCUT2D eigenvalue weighted by Crippen LogP contribution is 2.43. The van der Waals surface area contributed by atoms with Gasteiger partial charge in [0.25, 0.3) is 0 Å². The predicted octanol–water partition coefficient (Wildman–Crippen LogP) is 7.12. The zero-order chi connectivity index (χ0) is 25.5. The first-order chi connectivity index (χ1) is 17.4. The number of nitrogens with zero attached hydrogens (tertiary/aromatic N) is 1. The molecular formula is C30H28BrNO4. The molecule has 0 unspecified atom stereocenters. The second-order valence-electron chi connectivity index (χ2n) is 8.86.